The lowest BCUT2D eigenvalue weighted by Crippen LogP contribution is -2.50. The van der Waals surface area contributed by atoms with Crippen molar-refractivity contribution >= 4 is 41.8 Å². The Bertz CT molecular complexity index is 777. The van der Waals surface area contributed by atoms with E-state index in [0.29, 0.717) is 5.56 Å². The molecule has 0 bridgehead atoms. The third kappa shape index (κ3) is 11.2. The van der Waals surface area contributed by atoms with Gasteiger partial charge in [0.1, 0.15) is 0 Å². The minimum absolute atomic E-state index is 0. The summed E-state index contributed by atoms with van der Waals surface area (Å²) in [5.41, 5.74) is -0.817. The quantitative estimate of drug-likeness (QED) is 0.321. The number of carbonyl (C=O) groups is 2. The third-order valence-electron chi connectivity index (χ3n) is 3.82. The molecule has 0 heterocycles. The number of likely N-dealkylation sites (N-methyl/N-ethyl adjacent to an activating group) is 2. The summed E-state index contributed by atoms with van der Waals surface area (Å²) in [7, 11) is 4.81. The van der Waals surface area contributed by atoms with Crippen LogP contribution in [-0.4, -0.2) is 67.3 Å². The van der Waals surface area contributed by atoms with Crippen LogP contribution in [0.25, 0.3) is 0 Å². The molecule has 2 N–H and O–H groups in total. The molecule has 7 nitrogen and oxygen atoms in total. The molecule has 1 aromatic rings. The van der Waals surface area contributed by atoms with Crippen LogP contribution < -0.4 is 10.6 Å². The van der Waals surface area contributed by atoms with E-state index >= 15 is 0 Å². The standard InChI is InChI=1S/C20H30F3N5O2.HI/c1-19(2,3)26-16(29)13-28(6)18(25-12-17(30)27(4)5)24-11-14-8-7-9-15(10-14)20(21,22)23;/h7-10H,11-13H2,1-6H3,(H,24,25)(H,26,29);1H. The maximum atomic E-state index is 12.9. The lowest BCUT2D eigenvalue weighted by atomic mass is 10.1. The van der Waals surface area contributed by atoms with Crippen LogP contribution in [0.1, 0.15) is 31.9 Å². The van der Waals surface area contributed by atoms with Gasteiger partial charge in [-0.25, -0.2) is 4.99 Å². The second-order valence-electron chi connectivity index (χ2n) is 8.13. The lowest BCUT2D eigenvalue weighted by molar-refractivity contribution is -0.137. The number of nitrogens with zero attached hydrogens (tertiary/aromatic N) is 3. The van der Waals surface area contributed by atoms with E-state index in [9.17, 15) is 22.8 Å². The number of hydrogen-bond donors (Lipinski definition) is 2. The molecule has 0 aliphatic heterocycles. The topological polar surface area (TPSA) is 77.0 Å². The molecule has 11 heteroatoms. The molecule has 0 aromatic heterocycles. The molecule has 0 aliphatic rings. The number of aliphatic imine (C=N–C) groups is 1. The molecule has 0 aliphatic carbocycles. The molecule has 0 saturated heterocycles. The third-order valence-corrected chi connectivity index (χ3v) is 3.82. The molecule has 0 fully saturated rings. The molecular formula is C20H31F3IN5O2. The van der Waals surface area contributed by atoms with E-state index in [4.69, 9.17) is 0 Å². The first-order valence-corrected chi connectivity index (χ1v) is 9.36. The highest BCUT2D eigenvalue weighted by Crippen LogP contribution is 2.29. The van der Waals surface area contributed by atoms with Crippen LogP contribution in [0.3, 0.4) is 0 Å². The van der Waals surface area contributed by atoms with E-state index in [1.165, 1.54) is 21.9 Å². The molecule has 31 heavy (non-hydrogen) atoms. The van der Waals surface area contributed by atoms with Crippen molar-refractivity contribution in [2.75, 3.05) is 34.2 Å². The minimum Gasteiger partial charge on any atom is -0.350 e. The van der Waals surface area contributed by atoms with Gasteiger partial charge in [0, 0.05) is 26.7 Å². The van der Waals surface area contributed by atoms with E-state index in [-0.39, 0.29) is 61.4 Å². The summed E-state index contributed by atoms with van der Waals surface area (Å²) >= 11 is 0. The Kier molecular flexibility index (Phi) is 11.3. The zero-order chi connectivity index (χ0) is 23.1. The van der Waals surface area contributed by atoms with Crippen LogP contribution in [0.2, 0.25) is 0 Å². The first-order chi connectivity index (χ1) is 13.7. The molecule has 0 saturated carbocycles. The smallest absolute Gasteiger partial charge is 0.350 e. The Morgan fingerprint density at radius 2 is 1.71 bits per heavy atom. The van der Waals surface area contributed by atoms with Crippen molar-refractivity contribution in [2.45, 2.75) is 39.0 Å². The number of nitrogens with one attached hydrogen (secondary N) is 2. The highest BCUT2D eigenvalue weighted by Gasteiger charge is 2.30. The van der Waals surface area contributed by atoms with Gasteiger partial charge < -0.3 is 20.4 Å². The van der Waals surface area contributed by atoms with Crippen molar-refractivity contribution in [1.29, 1.82) is 0 Å². The number of rotatable bonds is 6. The highest BCUT2D eigenvalue weighted by molar-refractivity contribution is 14.0. The SMILES string of the molecule is CN(C)C(=O)CNC(=NCc1cccc(C(F)(F)F)c1)N(C)CC(=O)NC(C)(C)C.I. The van der Waals surface area contributed by atoms with Crippen molar-refractivity contribution < 1.29 is 22.8 Å². The van der Waals surface area contributed by atoms with Crippen molar-refractivity contribution in [2.24, 2.45) is 4.99 Å². The molecule has 1 rings (SSSR count). The van der Waals surface area contributed by atoms with Crippen molar-refractivity contribution in [1.82, 2.24) is 20.4 Å². The normalized spacial score (nSPS) is 12.0. The lowest BCUT2D eigenvalue weighted by Gasteiger charge is -2.26. The summed E-state index contributed by atoms with van der Waals surface area (Å²) in [6.07, 6.45) is -4.44. The number of alkyl halides is 3. The Morgan fingerprint density at radius 3 is 2.23 bits per heavy atom. The Labute approximate surface area is 198 Å². The summed E-state index contributed by atoms with van der Waals surface area (Å²) in [5.74, 6) is -0.238. The molecule has 0 radical (unpaired) electrons. The zero-order valence-electron chi connectivity index (χ0n) is 18.6. The van der Waals surface area contributed by atoms with Crippen LogP contribution in [-0.2, 0) is 22.3 Å². The number of halogens is 4. The second-order valence-corrected chi connectivity index (χ2v) is 8.13. The molecule has 0 spiro atoms. The minimum atomic E-state index is -4.44. The van der Waals surface area contributed by atoms with Gasteiger partial charge >= 0.3 is 6.18 Å². The Morgan fingerprint density at radius 1 is 1.10 bits per heavy atom. The maximum Gasteiger partial charge on any atom is 0.416 e. The van der Waals surface area contributed by atoms with Gasteiger partial charge in [0.2, 0.25) is 11.8 Å². The van der Waals surface area contributed by atoms with Gasteiger partial charge in [-0.3, -0.25) is 9.59 Å². The number of guanidine groups is 1. The van der Waals surface area contributed by atoms with E-state index in [1.807, 2.05) is 20.8 Å². The molecular weight excluding hydrogens is 526 g/mol. The number of benzene rings is 1. The largest absolute Gasteiger partial charge is 0.416 e. The first kappa shape index (κ1) is 28.9. The summed E-state index contributed by atoms with van der Waals surface area (Å²) in [6, 6.07) is 4.87. The summed E-state index contributed by atoms with van der Waals surface area (Å²) in [4.78, 5) is 31.3. The summed E-state index contributed by atoms with van der Waals surface area (Å²) in [5, 5.41) is 5.69. The summed E-state index contributed by atoms with van der Waals surface area (Å²) < 4.78 is 38.7. The van der Waals surface area contributed by atoms with E-state index < -0.39 is 17.3 Å². The van der Waals surface area contributed by atoms with Crippen LogP contribution in [0.15, 0.2) is 29.3 Å². The van der Waals surface area contributed by atoms with Crippen LogP contribution >= 0.6 is 24.0 Å². The van der Waals surface area contributed by atoms with Crippen LogP contribution in [0.4, 0.5) is 13.2 Å². The summed E-state index contributed by atoms with van der Waals surface area (Å²) in [6.45, 7) is 5.39. The second kappa shape index (κ2) is 12.1. The highest BCUT2D eigenvalue weighted by atomic mass is 127. The fourth-order valence-corrected chi connectivity index (χ4v) is 2.38. The monoisotopic (exact) mass is 557 g/mol. The van der Waals surface area contributed by atoms with E-state index in [1.54, 1.807) is 21.1 Å². The number of amides is 2. The van der Waals surface area contributed by atoms with Crippen LogP contribution in [0.5, 0.6) is 0 Å². The van der Waals surface area contributed by atoms with E-state index in [0.717, 1.165) is 12.1 Å². The van der Waals surface area contributed by atoms with Gasteiger partial charge in [-0.1, -0.05) is 12.1 Å². The predicted octanol–water partition coefficient (Wildman–Crippen LogP) is 2.70. The fourth-order valence-electron chi connectivity index (χ4n) is 2.38. The van der Waals surface area contributed by atoms with Gasteiger partial charge in [0.05, 0.1) is 25.2 Å². The van der Waals surface area contributed by atoms with Gasteiger partial charge in [0.25, 0.3) is 0 Å². The molecule has 176 valence electrons. The molecule has 0 unspecified atom stereocenters. The van der Waals surface area contributed by atoms with Gasteiger partial charge in [-0.15, -0.1) is 24.0 Å². The Balaban J connectivity index is 0.00000900. The number of hydrogen-bond acceptors (Lipinski definition) is 3. The van der Waals surface area contributed by atoms with Gasteiger partial charge in [-0.2, -0.15) is 13.2 Å². The molecule has 2 amide bonds. The van der Waals surface area contributed by atoms with Gasteiger partial charge in [-0.05, 0) is 38.5 Å². The average molecular weight is 557 g/mol. The zero-order valence-corrected chi connectivity index (χ0v) is 21.0. The fraction of sp³-hybridized carbons (Fsp3) is 0.550. The van der Waals surface area contributed by atoms with Crippen molar-refractivity contribution in [3.63, 3.8) is 0 Å². The molecule has 0 atom stereocenters. The van der Waals surface area contributed by atoms with Gasteiger partial charge in [0.15, 0.2) is 5.96 Å². The first-order valence-electron chi connectivity index (χ1n) is 9.36. The average Bonchev–Trinajstić information content (AvgIpc) is 2.59. The number of carbonyl (C=O) groups excluding carboxylic acids is 2. The van der Waals surface area contributed by atoms with E-state index in [2.05, 4.69) is 15.6 Å². The predicted molar refractivity (Wildman–Crippen MR) is 125 cm³/mol. The molecule has 1 aromatic carbocycles. The van der Waals surface area contributed by atoms with Crippen LogP contribution in [0, 0.1) is 0 Å². The van der Waals surface area contributed by atoms with Crippen molar-refractivity contribution in [3.8, 4) is 0 Å². The maximum absolute atomic E-state index is 12.9. The Hall–Kier alpha value is -2.05. The van der Waals surface area contributed by atoms with Crippen molar-refractivity contribution in [3.05, 3.63) is 35.4 Å².